The number of rotatable bonds is 6. The lowest BCUT2D eigenvalue weighted by molar-refractivity contribution is 0.602. The molecular formula is C16H18FNS. The maximum atomic E-state index is 13.5. The van der Waals surface area contributed by atoms with Crippen LogP contribution in [0.5, 0.6) is 0 Å². The van der Waals surface area contributed by atoms with Crippen LogP contribution < -0.4 is 5.32 Å². The largest absolute Gasteiger partial charge is 0.313 e. The molecule has 0 saturated heterocycles. The monoisotopic (exact) mass is 275 g/mol. The van der Waals surface area contributed by atoms with E-state index in [1.807, 2.05) is 18.2 Å². The summed E-state index contributed by atoms with van der Waals surface area (Å²) in [7, 11) is 0. The fourth-order valence-electron chi connectivity index (χ4n) is 1.74. The molecular weight excluding hydrogens is 257 g/mol. The number of benzene rings is 2. The summed E-state index contributed by atoms with van der Waals surface area (Å²) in [6, 6.07) is 15.1. The Labute approximate surface area is 118 Å². The van der Waals surface area contributed by atoms with Gasteiger partial charge in [0.15, 0.2) is 0 Å². The molecule has 0 aliphatic carbocycles. The molecule has 0 unspecified atom stereocenters. The summed E-state index contributed by atoms with van der Waals surface area (Å²) in [5.74, 6) is -0.166. The van der Waals surface area contributed by atoms with E-state index < -0.39 is 0 Å². The average molecular weight is 275 g/mol. The van der Waals surface area contributed by atoms with Crippen molar-refractivity contribution >= 4 is 11.8 Å². The Bertz CT molecular complexity index is 510. The van der Waals surface area contributed by atoms with Crippen molar-refractivity contribution < 1.29 is 4.39 Å². The molecule has 2 aromatic rings. The third kappa shape index (κ3) is 4.37. The van der Waals surface area contributed by atoms with Gasteiger partial charge in [-0.1, -0.05) is 43.0 Å². The fraction of sp³-hybridized carbons (Fsp3) is 0.250. The van der Waals surface area contributed by atoms with Crippen molar-refractivity contribution in [2.75, 3.05) is 6.54 Å². The SMILES string of the molecule is CCCNCc1ccc(Sc2ccccc2F)cc1. The van der Waals surface area contributed by atoms with Gasteiger partial charge in [0.1, 0.15) is 5.82 Å². The number of halogens is 1. The van der Waals surface area contributed by atoms with Crippen LogP contribution in [0.2, 0.25) is 0 Å². The van der Waals surface area contributed by atoms with Crippen LogP contribution in [-0.2, 0) is 6.54 Å². The summed E-state index contributed by atoms with van der Waals surface area (Å²) in [6.45, 7) is 4.07. The predicted octanol–water partition coefficient (Wildman–Crippen LogP) is 4.48. The van der Waals surface area contributed by atoms with Gasteiger partial charge in [0.2, 0.25) is 0 Å². The molecule has 3 heteroatoms. The molecule has 100 valence electrons. The van der Waals surface area contributed by atoms with Crippen molar-refractivity contribution in [2.24, 2.45) is 0 Å². The predicted molar refractivity (Wildman–Crippen MR) is 79.0 cm³/mol. The van der Waals surface area contributed by atoms with Gasteiger partial charge < -0.3 is 5.32 Å². The highest BCUT2D eigenvalue weighted by atomic mass is 32.2. The molecule has 0 spiro atoms. The standard InChI is InChI=1S/C16H18FNS/c1-2-11-18-12-13-7-9-14(10-8-13)19-16-6-4-3-5-15(16)17/h3-10,18H,2,11-12H2,1H3. The van der Waals surface area contributed by atoms with Gasteiger partial charge in [0.05, 0.1) is 0 Å². The van der Waals surface area contributed by atoms with Crippen molar-refractivity contribution in [3.05, 3.63) is 59.9 Å². The highest BCUT2D eigenvalue weighted by Crippen LogP contribution is 2.29. The first-order chi connectivity index (χ1) is 9.29. The molecule has 0 amide bonds. The highest BCUT2D eigenvalue weighted by molar-refractivity contribution is 7.99. The summed E-state index contributed by atoms with van der Waals surface area (Å²) in [5, 5.41) is 3.36. The van der Waals surface area contributed by atoms with E-state index in [-0.39, 0.29) is 5.82 Å². The lowest BCUT2D eigenvalue weighted by Crippen LogP contribution is -2.13. The zero-order valence-corrected chi connectivity index (χ0v) is 11.8. The van der Waals surface area contributed by atoms with E-state index in [2.05, 4.69) is 24.4 Å². The molecule has 1 N–H and O–H groups in total. The molecule has 19 heavy (non-hydrogen) atoms. The van der Waals surface area contributed by atoms with Crippen LogP contribution in [-0.4, -0.2) is 6.54 Å². The molecule has 0 aliphatic heterocycles. The van der Waals surface area contributed by atoms with Crippen LogP contribution in [0.25, 0.3) is 0 Å². The minimum atomic E-state index is -0.166. The Morgan fingerprint density at radius 2 is 1.79 bits per heavy atom. The Morgan fingerprint density at radius 3 is 2.47 bits per heavy atom. The van der Waals surface area contributed by atoms with Gasteiger partial charge in [0, 0.05) is 16.3 Å². The quantitative estimate of drug-likeness (QED) is 0.780. The van der Waals surface area contributed by atoms with Crippen molar-refractivity contribution in [3.63, 3.8) is 0 Å². The van der Waals surface area contributed by atoms with Gasteiger partial charge >= 0.3 is 0 Å². The molecule has 0 saturated carbocycles. The Balaban J connectivity index is 1.97. The third-order valence-corrected chi connectivity index (χ3v) is 3.80. The minimum absolute atomic E-state index is 0.166. The smallest absolute Gasteiger partial charge is 0.137 e. The molecule has 0 aliphatic rings. The van der Waals surface area contributed by atoms with E-state index >= 15 is 0 Å². The lowest BCUT2D eigenvalue weighted by atomic mass is 10.2. The molecule has 0 bridgehead atoms. The lowest BCUT2D eigenvalue weighted by Gasteiger charge is -2.06. The van der Waals surface area contributed by atoms with Crippen LogP contribution in [0.3, 0.4) is 0 Å². The van der Waals surface area contributed by atoms with Crippen molar-refractivity contribution in [1.82, 2.24) is 5.32 Å². The van der Waals surface area contributed by atoms with Crippen LogP contribution in [0.15, 0.2) is 58.3 Å². The van der Waals surface area contributed by atoms with Gasteiger partial charge in [0.25, 0.3) is 0 Å². The Morgan fingerprint density at radius 1 is 1.05 bits per heavy atom. The average Bonchev–Trinajstić information content (AvgIpc) is 2.44. The van der Waals surface area contributed by atoms with Crippen LogP contribution in [0.1, 0.15) is 18.9 Å². The van der Waals surface area contributed by atoms with Crippen molar-refractivity contribution in [1.29, 1.82) is 0 Å². The molecule has 1 nitrogen and oxygen atoms in total. The van der Waals surface area contributed by atoms with Gasteiger partial charge in [-0.15, -0.1) is 0 Å². The number of hydrogen-bond donors (Lipinski definition) is 1. The zero-order chi connectivity index (χ0) is 13.5. The first-order valence-electron chi connectivity index (χ1n) is 6.51. The van der Waals surface area contributed by atoms with Crippen molar-refractivity contribution in [2.45, 2.75) is 29.7 Å². The normalized spacial score (nSPS) is 10.6. The summed E-state index contributed by atoms with van der Waals surface area (Å²) >= 11 is 1.46. The highest BCUT2D eigenvalue weighted by Gasteiger charge is 2.03. The molecule has 0 atom stereocenters. The van der Waals surface area contributed by atoms with Crippen LogP contribution in [0, 0.1) is 5.82 Å². The maximum absolute atomic E-state index is 13.5. The van der Waals surface area contributed by atoms with E-state index in [0.717, 1.165) is 24.4 Å². The van der Waals surface area contributed by atoms with Crippen molar-refractivity contribution in [3.8, 4) is 0 Å². The number of hydrogen-bond acceptors (Lipinski definition) is 2. The van der Waals surface area contributed by atoms with Gasteiger partial charge in [-0.05, 0) is 42.8 Å². The minimum Gasteiger partial charge on any atom is -0.313 e. The van der Waals surface area contributed by atoms with Gasteiger partial charge in [-0.3, -0.25) is 0 Å². The third-order valence-electron chi connectivity index (χ3n) is 2.74. The van der Waals surface area contributed by atoms with E-state index in [0.29, 0.717) is 4.90 Å². The fourth-order valence-corrected chi connectivity index (χ4v) is 2.58. The molecule has 0 heterocycles. The first-order valence-corrected chi connectivity index (χ1v) is 7.33. The second kappa shape index (κ2) is 7.31. The summed E-state index contributed by atoms with van der Waals surface area (Å²) in [4.78, 5) is 1.73. The van der Waals surface area contributed by atoms with E-state index in [1.54, 1.807) is 12.1 Å². The Hall–Kier alpha value is -1.32. The molecule has 2 aromatic carbocycles. The van der Waals surface area contributed by atoms with E-state index in [9.17, 15) is 4.39 Å². The summed E-state index contributed by atoms with van der Waals surface area (Å²) < 4.78 is 13.5. The van der Waals surface area contributed by atoms with Gasteiger partial charge in [-0.25, -0.2) is 4.39 Å². The summed E-state index contributed by atoms with van der Waals surface area (Å²) in [5.41, 5.74) is 1.26. The second-order valence-electron chi connectivity index (χ2n) is 4.35. The second-order valence-corrected chi connectivity index (χ2v) is 5.47. The topological polar surface area (TPSA) is 12.0 Å². The molecule has 0 aromatic heterocycles. The van der Waals surface area contributed by atoms with E-state index in [4.69, 9.17) is 0 Å². The molecule has 2 rings (SSSR count). The first kappa shape index (κ1) is 14.1. The summed E-state index contributed by atoms with van der Waals surface area (Å²) in [6.07, 6.45) is 1.14. The van der Waals surface area contributed by atoms with Crippen LogP contribution in [0.4, 0.5) is 4.39 Å². The zero-order valence-electron chi connectivity index (χ0n) is 11.0. The Kier molecular flexibility index (Phi) is 5.43. The maximum Gasteiger partial charge on any atom is 0.137 e. The number of nitrogens with one attached hydrogen (secondary N) is 1. The van der Waals surface area contributed by atoms with Gasteiger partial charge in [-0.2, -0.15) is 0 Å². The van der Waals surface area contributed by atoms with E-state index in [1.165, 1.54) is 23.4 Å². The molecule has 0 fully saturated rings. The van der Waals surface area contributed by atoms with Crippen LogP contribution >= 0.6 is 11.8 Å². The molecule has 0 radical (unpaired) electrons.